The van der Waals surface area contributed by atoms with Crippen LogP contribution in [0.1, 0.15) is 28.8 Å². The second-order valence-electron chi connectivity index (χ2n) is 5.27. The van der Waals surface area contributed by atoms with Crippen LogP contribution in [-0.4, -0.2) is 59.4 Å². The highest BCUT2D eigenvalue weighted by Crippen LogP contribution is 2.24. The van der Waals surface area contributed by atoms with Crippen molar-refractivity contribution in [1.82, 2.24) is 4.90 Å². The molecule has 0 unspecified atom stereocenters. The molecule has 1 aromatic rings. The maximum Gasteiger partial charge on any atom is 0.407 e. The minimum atomic E-state index is -0.959. The lowest BCUT2D eigenvalue weighted by molar-refractivity contribution is -0.385. The fourth-order valence-electron chi connectivity index (χ4n) is 2.54. The molecule has 1 saturated heterocycles. The van der Waals surface area contributed by atoms with Crippen molar-refractivity contribution in [2.75, 3.05) is 20.2 Å². The number of carbonyl (C=O) groups is 2. The lowest BCUT2D eigenvalue weighted by Crippen LogP contribution is -2.38. The molecule has 1 aromatic carbocycles. The zero-order valence-electron chi connectivity index (χ0n) is 13.0. The minimum absolute atomic E-state index is 0.109. The third-order valence-electron chi connectivity index (χ3n) is 3.81. The van der Waals surface area contributed by atoms with Gasteiger partial charge in [0.15, 0.2) is 0 Å². The summed E-state index contributed by atoms with van der Waals surface area (Å²) in [4.78, 5) is 38.8. The number of esters is 1. The summed E-state index contributed by atoms with van der Waals surface area (Å²) in [5, 5.41) is 20.2. The number of ether oxygens (including phenoxy) is 1. The fraction of sp³-hybridized carbons (Fsp3) is 0.400. The zero-order valence-corrected chi connectivity index (χ0v) is 13.0. The van der Waals surface area contributed by atoms with Crippen LogP contribution in [0.3, 0.4) is 0 Å². The van der Waals surface area contributed by atoms with Gasteiger partial charge in [0.25, 0.3) is 5.69 Å². The molecule has 2 rings (SSSR count). The lowest BCUT2D eigenvalue weighted by atomic mass is 10.1. The van der Waals surface area contributed by atoms with Crippen LogP contribution in [0, 0.1) is 10.1 Å². The Kier molecular flexibility index (Phi) is 5.46. The quantitative estimate of drug-likeness (QED) is 0.388. The summed E-state index contributed by atoms with van der Waals surface area (Å²) < 4.78 is 4.56. The van der Waals surface area contributed by atoms with Gasteiger partial charge in [-0.15, -0.1) is 0 Å². The number of hydrogen-bond donors (Lipinski definition) is 1. The van der Waals surface area contributed by atoms with Crippen molar-refractivity contribution in [3.05, 3.63) is 39.4 Å². The van der Waals surface area contributed by atoms with Crippen LogP contribution in [0.2, 0.25) is 0 Å². The number of nitro benzene ring substituents is 1. The first-order valence-electron chi connectivity index (χ1n) is 7.30. The molecule has 0 aromatic heterocycles. The molecule has 24 heavy (non-hydrogen) atoms. The van der Waals surface area contributed by atoms with Gasteiger partial charge < -0.3 is 14.7 Å². The number of methoxy groups -OCH3 is 1. The molecule has 1 aliphatic heterocycles. The molecule has 9 heteroatoms. The van der Waals surface area contributed by atoms with Crippen molar-refractivity contribution in [1.29, 1.82) is 0 Å². The van der Waals surface area contributed by atoms with Crippen molar-refractivity contribution in [3.63, 3.8) is 0 Å². The SMILES string of the molecule is COC(=O)c1cccc(C=NC2CCN(C(=O)O)CC2)c1[N+](=O)[O-]. The molecule has 1 amide bonds. The van der Waals surface area contributed by atoms with Crippen LogP contribution in [-0.2, 0) is 4.74 Å². The Morgan fingerprint density at radius 2 is 2.08 bits per heavy atom. The van der Waals surface area contributed by atoms with Gasteiger partial charge in [0.05, 0.1) is 23.6 Å². The fourth-order valence-corrected chi connectivity index (χ4v) is 2.54. The second-order valence-corrected chi connectivity index (χ2v) is 5.27. The first kappa shape index (κ1) is 17.4. The van der Waals surface area contributed by atoms with Crippen LogP contribution >= 0.6 is 0 Å². The standard InChI is InChI=1S/C15H17N3O6/c1-24-14(19)12-4-2-3-10(13(12)18(22)23)9-16-11-5-7-17(8-6-11)15(20)21/h2-4,9,11H,5-8H2,1H3,(H,20,21). The Morgan fingerprint density at radius 1 is 1.42 bits per heavy atom. The van der Waals surface area contributed by atoms with Crippen molar-refractivity contribution >= 4 is 24.0 Å². The lowest BCUT2D eigenvalue weighted by Gasteiger charge is -2.27. The first-order valence-corrected chi connectivity index (χ1v) is 7.30. The van der Waals surface area contributed by atoms with E-state index in [0.717, 1.165) is 7.11 Å². The van der Waals surface area contributed by atoms with E-state index in [1.54, 1.807) is 0 Å². The van der Waals surface area contributed by atoms with Crippen molar-refractivity contribution < 1.29 is 24.4 Å². The number of likely N-dealkylation sites (tertiary alicyclic amines) is 1. The van der Waals surface area contributed by atoms with Gasteiger partial charge in [-0.3, -0.25) is 15.1 Å². The molecule has 0 spiro atoms. The Bertz CT molecular complexity index is 680. The molecule has 0 aliphatic carbocycles. The number of amides is 1. The van der Waals surface area contributed by atoms with Crippen molar-refractivity contribution in [2.45, 2.75) is 18.9 Å². The molecule has 0 radical (unpaired) electrons. The van der Waals surface area contributed by atoms with E-state index in [-0.39, 0.29) is 22.9 Å². The molecule has 0 saturated carbocycles. The van der Waals surface area contributed by atoms with Gasteiger partial charge in [0.1, 0.15) is 5.56 Å². The van der Waals surface area contributed by atoms with E-state index < -0.39 is 17.0 Å². The molecule has 9 nitrogen and oxygen atoms in total. The molecule has 1 heterocycles. The van der Waals surface area contributed by atoms with E-state index in [9.17, 15) is 19.7 Å². The third kappa shape index (κ3) is 3.86. The van der Waals surface area contributed by atoms with E-state index in [0.29, 0.717) is 25.9 Å². The molecule has 1 fully saturated rings. The maximum atomic E-state index is 11.7. The molecular weight excluding hydrogens is 318 g/mol. The average Bonchev–Trinajstić information content (AvgIpc) is 2.59. The van der Waals surface area contributed by atoms with Gasteiger partial charge in [-0.05, 0) is 25.0 Å². The number of aliphatic imine (C=N–C) groups is 1. The number of hydrogen-bond acceptors (Lipinski definition) is 6. The summed E-state index contributed by atoms with van der Waals surface area (Å²) >= 11 is 0. The van der Waals surface area contributed by atoms with Gasteiger partial charge in [-0.25, -0.2) is 9.59 Å². The molecule has 1 N–H and O–H groups in total. The van der Waals surface area contributed by atoms with E-state index in [1.807, 2.05) is 0 Å². The average molecular weight is 335 g/mol. The number of carboxylic acid groups (broad SMARTS) is 1. The van der Waals surface area contributed by atoms with Crippen LogP contribution < -0.4 is 0 Å². The van der Waals surface area contributed by atoms with Crippen molar-refractivity contribution in [3.8, 4) is 0 Å². The number of nitrogens with zero attached hydrogens (tertiary/aromatic N) is 3. The Hall–Kier alpha value is -2.97. The normalized spacial score (nSPS) is 15.5. The highest BCUT2D eigenvalue weighted by Gasteiger charge is 2.25. The monoisotopic (exact) mass is 335 g/mol. The number of benzene rings is 1. The molecular formula is C15H17N3O6. The summed E-state index contributed by atoms with van der Waals surface area (Å²) in [5.74, 6) is -0.785. The minimum Gasteiger partial charge on any atom is -0.465 e. The largest absolute Gasteiger partial charge is 0.465 e. The number of piperidine rings is 1. The second kappa shape index (κ2) is 7.53. The van der Waals surface area contributed by atoms with Gasteiger partial charge in [0, 0.05) is 19.3 Å². The molecule has 0 atom stereocenters. The Balaban J connectivity index is 2.19. The predicted octanol–water partition coefficient (Wildman–Crippen LogP) is 1.94. The first-order chi connectivity index (χ1) is 11.4. The topological polar surface area (TPSA) is 122 Å². The summed E-state index contributed by atoms with van der Waals surface area (Å²) in [5.41, 5.74) is -0.271. The van der Waals surface area contributed by atoms with E-state index in [1.165, 1.54) is 29.3 Å². The van der Waals surface area contributed by atoms with Gasteiger partial charge in [-0.1, -0.05) is 6.07 Å². The zero-order chi connectivity index (χ0) is 17.7. The van der Waals surface area contributed by atoms with Gasteiger partial charge >= 0.3 is 12.1 Å². The van der Waals surface area contributed by atoms with Crippen LogP contribution in [0.5, 0.6) is 0 Å². The van der Waals surface area contributed by atoms with E-state index in [4.69, 9.17) is 5.11 Å². The smallest absolute Gasteiger partial charge is 0.407 e. The molecule has 128 valence electrons. The van der Waals surface area contributed by atoms with Crippen LogP contribution in [0.15, 0.2) is 23.2 Å². The van der Waals surface area contributed by atoms with Crippen LogP contribution in [0.25, 0.3) is 0 Å². The van der Waals surface area contributed by atoms with Gasteiger partial charge in [-0.2, -0.15) is 0 Å². The number of nitro groups is 1. The van der Waals surface area contributed by atoms with Crippen LogP contribution in [0.4, 0.5) is 10.5 Å². The highest BCUT2D eigenvalue weighted by molar-refractivity contribution is 5.99. The third-order valence-corrected chi connectivity index (χ3v) is 3.81. The predicted molar refractivity (Wildman–Crippen MR) is 84.6 cm³/mol. The summed E-state index contributed by atoms with van der Waals surface area (Å²) in [6, 6.07) is 4.24. The van der Waals surface area contributed by atoms with Gasteiger partial charge in [0.2, 0.25) is 0 Å². The van der Waals surface area contributed by atoms with Crippen molar-refractivity contribution in [2.24, 2.45) is 4.99 Å². The Labute approximate surface area is 137 Å². The number of carbonyl (C=O) groups excluding carboxylic acids is 1. The number of rotatable bonds is 4. The summed E-state index contributed by atoms with van der Waals surface area (Å²) in [6.07, 6.45) is 1.51. The van der Waals surface area contributed by atoms with E-state index in [2.05, 4.69) is 9.73 Å². The highest BCUT2D eigenvalue weighted by atomic mass is 16.6. The Morgan fingerprint density at radius 3 is 2.62 bits per heavy atom. The van der Waals surface area contributed by atoms with E-state index >= 15 is 0 Å². The number of para-hydroxylation sites is 1. The summed E-state index contributed by atoms with van der Waals surface area (Å²) in [7, 11) is 1.16. The summed E-state index contributed by atoms with van der Waals surface area (Å²) in [6.45, 7) is 0.753. The maximum absolute atomic E-state index is 11.7. The molecule has 1 aliphatic rings. The molecule has 0 bridgehead atoms.